The van der Waals surface area contributed by atoms with Gasteiger partial charge in [-0.3, -0.25) is 9.36 Å². The Morgan fingerprint density at radius 3 is 2.50 bits per heavy atom. The second-order valence-electron chi connectivity index (χ2n) is 7.62. The number of nitrogens with zero attached hydrogens (tertiary/aromatic N) is 3. The number of hydrogen-bond acceptors (Lipinski definition) is 5. The van der Waals surface area contributed by atoms with E-state index in [1.54, 1.807) is 7.11 Å². The summed E-state index contributed by atoms with van der Waals surface area (Å²) in [7, 11) is 1.63. The lowest BCUT2D eigenvalue weighted by atomic mass is 10.1. The molecule has 4 aromatic carbocycles. The van der Waals surface area contributed by atoms with Crippen molar-refractivity contribution in [1.29, 1.82) is 0 Å². The molecule has 5 rings (SSSR count). The first-order valence-electron chi connectivity index (χ1n) is 10.6. The summed E-state index contributed by atoms with van der Waals surface area (Å²) in [5.41, 5.74) is 2.39. The minimum Gasteiger partial charge on any atom is -0.497 e. The monoisotopic (exact) mass is 485 g/mol. The van der Waals surface area contributed by atoms with Crippen LogP contribution in [0.15, 0.2) is 96.2 Å². The summed E-state index contributed by atoms with van der Waals surface area (Å²) in [5, 5.41) is 12.3. The number of methoxy groups -OCH3 is 1. The molecule has 0 atom stereocenters. The highest BCUT2D eigenvalue weighted by Crippen LogP contribution is 2.30. The summed E-state index contributed by atoms with van der Waals surface area (Å²) in [5.74, 6) is 1.65. The van der Waals surface area contributed by atoms with E-state index in [-0.39, 0.29) is 11.5 Å². The molecule has 5 nitrogen and oxygen atoms in total. The first-order chi connectivity index (χ1) is 16.6. The topological polar surface area (TPSA) is 57.0 Å². The van der Waals surface area contributed by atoms with Crippen LogP contribution < -0.4 is 4.74 Å². The number of thioether (sulfide) groups is 1. The maximum atomic E-state index is 13.0. The molecule has 0 bridgehead atoms. The zero-order valence-corrected chi connectivity index (χ0v) is 19.9. The van der Waals surface area contributed by atoms with E-state index in [1.165, 1.54) is 11.8 Å². The molecule has 0 radical (unpaired) electrons. The average molecular weight is 486 g/mol. The van der Waals surface area contributed by atoms with Gasteiger partial charge in [-0.25, -0.2) is 0 Å². The molecule has 1 heterocycles. The van der Waals surface area contributed by atoms with Crippen LogP contribution in [0.2, 0.25) is 5.02 Å². The van der Waals surface area contributed by atoms with Crippen LogP contribution in [0.1, 0.15) is 10.4 Å². The minimum absolute atomic E-state index is 0.0318. The number of halogens is 1. The fourth-order valence-corrected chi connectivity index (χ4v) is 4.68. The number of Topliss-reactive ketones (excluding diaryl/α,β-unsaturated/α-hetero) is 1. The molecule has 0 amide bonds. The van der Waals surface area contributed by atoms with Gasteiger partial charge in [-0.15, -0.1) is 10.2 Å². The summed E-state index contributed by atoms with van der Waals surface area (Å²) in [6.07, 6.45) is 0. The van der Waals surface area contributed by atoms with Crippen molar-refractivity contribution >= 4 is 39.9 Å². The quantitative estimate of drug-likeness (QED) is 0.189. The Bertz CT molecular complexity index is 1480. The van der Waals surface area contributed by atoms with Crippen molar-refractivity contribution in [1.82, 2.24) is 14.8 Å². The van der Waals surface area contributed by atoms with Gasteiger partial charge in [0.05, 0.1) is 12.9 Å². The molecule has 0 saturated carbocycles. The standard InChI is InChI=1S/C27H20ClN3O2S/c1-33-24-8-4-7-21(16-24)26-29-30-27(31(26)23-13-11-22(28)12-14-23)34-17-25(32)20-10-9-18-5-2-3-6-19(18)15-20/h2-16H,17H2,1H3. The number of carbonyl (C=O) groups is 1. The summed E-state index contributed by atoms with van der Waals surface area (Å²) >= 11 is 7.47. The van der Waals surface area contributed by atoms with Crippen LogP contribution in [-0.2, 0) is 0 Å². The molecule has 0 saturated heterocycles. The molecule has 7 heteroatoms. The van der Waals surface area contributed by atoms with Gasteiger partial charge in [0.1, 0.15) is 5.75 Å². The number of fused-ring (bicyclic) bond motifs is 1. The van der Waals surface area contributed by atoms with Crippen molar-refractivity contribution in [2.45, 2.75) is 5.16 Å². The van der Waals surface area contributed by atoms with Gasteiger partial charge in [-0.05, 0) is 53.2 Å². The zero-order chi connectivity index (χ0) is 23.5. The fraction of sp³-hybridized carbons (Fsp3) is 0.0741. The molecular weight excluding hydrogens is 466 g/mol. The van der Waals surface area contributed by atoms with E-state index in [4.69, 9.17) is 16.3 Å². The molecule has 0 aliphatic rings. The maximum absolute atomic E-state index is 13.0. The second kappa shape index (κ2) is 9.71. The van der Waals surface area contributed by atoms with Crippen LogP contribution in [0.5, 0.6) is 5.75 Å². The predicted molar refractivity (Wildman–Crippen MR) is 137 cm³/mol. The Kier molecular flexibility index (Phi) is 6.34. The van der Waals surface area contributed by atoms with Crippen molar-refractivity contribution in [2.24, 2.45) is 0 Å². The number of ether oxygens (including phenoxy) is 1. The predicted octanol–water partition coefficient (Wildman–Crippen LogP) is 6.72. The van der Waals surface area contributed by atoms with Gasteiger partial charge in [0.15, 0.2) is 16.8 Å². The molecule has 0 unspecified atom stereocenters. The Morgan fingerprint density at radius 1 is 0.912 bits per heavy atom. The van der Waals surface area contributed by atoms with Crippen LogP contribution in [0, 0.1) is 0 Å². The smallest absolute Gasteiger partial charge is 0.196 e. The van der Waals surface area contributed by atoms with Crippen molar-refractivity contribution < 1.29 is 9.53 Å². The van der Waals surface area contributed by atoms with Gasteiger partial charge in [0.25, 0.3) is 0 Å². The van der Waals surface area contributed by atoms with Gasteiger partial charge in [-0.1, -0.05) is 71.9 Å². The summed E-state index contributed by atoms with van der Waals surface area (Å²) in [6.45, 7) is 0. The maximum Gasteiger partial charge on any atom is 0.196 e. The highest BCUT2D eigenvalue weighted by atomic mass is 35.5. The van der Waals surface area contributed by atoms with Crippen LogP contribution >= 0.6 is 23.4 Å². The Labute approximate surface area is 206 Å². The van der Waals surface area contributed by atoms with Crippen molar-refractivity contribution in [2.75, 3.05) is 12.9 Å². The van der Waals surface area contributed by atoms with Gasteiger partial charge in [0.2, 0.25) is 0 Å². The molecule has 0 spiro atoms. The number of hydrogen-bond donors (Lipinski definition) is 0. The number of ketones is 1. The third kappa shape index (κ3) is 4.55. The van der Waals surface area contributed by atoms with Crippen LogP contribution in [0.4, 0.5) is 0 Å². The van der Waals surface area contributed by atoms with Gasteiger partial charge >= 0.3 is 0 Å². The van der Waals surface area contributed by atoms with Crippen LogP contribution in [0.25, 0.3) is 27.8 Å². The number of rotatable bonds is 7. The second-order valence-corrected chi connectivity index (χ2v) is 9.00. The third-order valence-corrected chi connectivity index (χ3v) is 6.63. The third-order valence-electron chi connectivity index (χ3n) is 5.45. The largest absolute Gasteiger partial charge is 0.497 e. The highest BCUT2D eigenvalue weighted by Gasteiger charge is 2.18. The van der Waals surface area contributed by atoms with Crippen LogP contribution in [0.3, 0.4) is 0 Å². The molecule has 0 aliphatic heterocycles. The van der Waals surface area contributed by atoms with Crippen molar-refractivity contribution in [3.63, 3.8) is 0 Å². The average Bonchev–Trinajstić information content (AvgIpc) is 3.31. The highest BCUT2D eigenvalue weighted by molar-refractivity contribution is 7.99. The van der Waals surface area contributed by atoms with Gasteiger partial charge in [0, 0.05) is 21.8 Å². The Morgan fingerprint density at radius 2 is 1.71 bits per heavy atom. The number of benzene rings is 4. The van der Waals surface area contributed by atoms with Gasteiger partial charge in [-0.2, -0.15) is 0 Å². The molecule has 0 fully saturated rings. The van der Waals surface area contributed by atoms with Crippen molar-refractivity contribution in [3.05, 3.63) is 102 Å². The summed E-state index contributed by atoms with van der Waals surface area (Å²) in [4.78, 5) is 13.0. The molecule has 1 aromatic heterocycles. The first kappa shape index (κ1) is 22.2. The lowest BCUT2D eigenvalue weighted by molar-refractivity contribution is 0.102. The van der Waals surface area contributed by atoms with Gasteiger partial charge < -0.3 is 4.74 Å². The van der Waals surface area contributed by atoms with Crippen molar-refractivity contribution in [3.8, 4) is 22.8 Å². The van der Waals surface area contributed by atoms with Crippen LogP contribution in [-0.4, -0.2) is 33.4 Å². The first-order valence-corrected chi connectivity index (χ1v) is 12.0. The summed E-state index contributed by atoms with van der Waals surface area (Å²) < 4.78 is 7.31. The SMILES string of the molecule is COc1cccc(-c2nnc(SCC(=O)c3ccc4ccccc4c3)n2-c2ccc(Cl)cc2)c1. The van der Waals surface area contributed by atoms with E-state index >= 15 is 0 Å². The number of aromatic nitrogens is 3. The van der Waals surface area contributed by atoms with E-state index in [0.717, 1.165) is 27.8 Å². The fourth-order valence-electron chi connectivity index (χ4n) is 3.71. The lowest BCUT2D eigenvalue weighted by Crippen LogP contribution is -2.05. The Balaban J connectivity index is 1.47. The normalized spacial score (nSPS) is 11.0. The zero-order valence-electron chi connectivity index (χ0n) is 18.3. The van der Waals surface area contributed by atoms with E-state index in [0.29, 0.717) is 21.6 Å². The minimum atomic E-state index is 0.0318. The molecular formula is C27H20ClN3O2S. The summed E-state index contributed by atoms with van der Waals surface area (Å²) in [6, 6.07) is 28.9. The molecule has 0 N–H and O–H groups in total. The van der Waals surface area contributed by atoms with E-state index in [1.807, 2.05) is 95.6 Å². The Hall–Kier alpha value is -3.61. The van der Waals surface area contributed by atoms with E-state index in [2.05, 4.69) is 10.2 Å². The lowest BCUT2D eigenvalue weighted by Gasteiger charge is -2.11. The molecule has 34 heavy (non-hydrogen) atoms. The van der Waals surface area contributed by atoms with E-state index in [9.17, 15) is 4.79 Å². The van der Waals surface area contributed by atoms with E-state index < -0.39 is 0 Å². The molecule has 0 aliphatic carbocycles. The molecule has 5 aromatic rings. The molecule has 168 valence electrons. The number of carbonyl (C=O) groups excluding carboxylic acids is 1.